The van der Waals surface area contributed by atoms with Crippen molar-refractivity contribution in [2.75, 3.05) is 13.7 Å². The van der Waals surface area contributed by atoms with Gasteiger partial charge in [-0.1, -0.05) is 48.0 Å². The molecule has 0 radical (unpaired) electrons. The second-order valence-corrected chi connectivity index (χ2v) is 8.88. The number of hydrogen-bond donors (Lipinski definition) is 1. The average Bonchev–Trinajstić information content (AvgIpc) is 3.20. The van der Waals surface area contributed by atoms with E-state index < -0.39 is 47.1 Å². The number of hydrogen-bond acceptors (Lipinski definition) is 8. The lowest BCUT2D eigenvalue weighted by atomic mass is 9.99. The van der Waals surface area contributed by atoms with Crippen LogP contribution in [0.1, 0.15) is 17.4 Å². The molecule has 6 unspecified atom stereocenters. The van der Waals surface area contributed by atoms with Crippen LogP contribution in [0.3, 0.4) is 0 Å². The maximum atomic E-state index is 12.5. The summed E-state index contributed by atoms with van der Waals surface area (Å²) in [5.41, 5.74) is 1.73. The standard InChI is InChI=1S/C21H24O8S/c1-13-8-10-15(11-9-13)30(23,24)26-12-16-17(22)18-19(21(25-2)27-16)29-20(28-18)14-6-4-3-5-7-14/h3-11,16-22H,12H2,1-2H3. The number of aryl methyl sites for hydroxylation is 1. The third-order valence-corrected chi connectivity index (χ3v) is 6.48. The molecule has 9 heteroatoms. The van der Waals surface area contributed by atoms with E-state index in [9.17, 15) is 13.5 Å². The lowest BCUT2D eigenvalue weighted by Gasteiger charge is -2.38. The van der Waals surface area contributed by atoms with E-state index in [1.165, 1.54) is 19.2 Å². The molecule has 162 valence electrons. The second-order valence-electron chi connectivity index (χ2n) is 7.26. The first-order chi connectivity index (χ1) is 14.4. The molecule has 8 nitrogen and oxygen atoms in total. The molecule has 30 heavy (non-hydrogen) atoms. The van der Waals surface area contributed by atoms with Gasteiger partial charge in [-0.15, -0.1) is 0 Å². The highest BCUT2D eigenvalue weighted by Gasteiger charge is 2.53. The Balaban J connectivity index is 1.46. The van der Waals surface area contributed by atoms with Crippen molar-refractivity contribution < 1.29 is 36.7 Å². The minimum Gasteiger partial charge on any atom is -0.387 e. The van der Waals surface area contributed by atoms with Gasteiger partial charge in [-0.05, 0) is 19.1 Å². The fraction of sp³-hybridized carbons (Fsp3) is 0.429. The van der Waals surface area contributed by atoms with Crippen molar-refractivity contribution in [3.63, 3.8) is 0 Å². The number of benzene rings is 2. The first-order valence-electron chi connectivity index (χ1n) is 9.57. The number of fused-ring (bicyclic) bond motifs is 1. The van der Waals surface area contributed by atoms with Crippen LogP contribution in [0, 0.1) is 6.92 Å². The SMILES string of the molecule is COC1OC(COS(=O)(=O)c2ccc(C)cc2)C(O)C2OC(c3ccccc3)OC12. The number of aliphatic hydroxyl groups excluding tert-OH is 1. The Bertz CT molecular complexity index is 947. The normalized spacial score (nSPS) is 31.4. The van der Waals surface area contributed by atoms with Crippen LogP contribution in [-0.4, -0.2) is 57.9 Å². The van der Waals surface area contributed by atoms with Crippen molar-refractivity contribution >= 4 is 10.1 Å². The van der Waals surface area contributed by atoms with E-state index in [1.807, 2.05) is 37.3 Å². The first-order valence-corrected chi connectivity index (χ1v) is 11.0. The summed E-state index contributed by atoms with van der Waals surface area (Å²) in [7, 11) is -2.56. The lowest BCUT2D eigenvalue weighted by molar-refractivity contribution is -0.269. The molecule has 2 aliphatic rings. The van der Waals surface area contributed by atoms with E-state index in [-0.39, 0.29) is 11.5 Å². The van der Waals surface area contributed by atoms with E-state index in [2.05, 4.69) is 0 Å². The topological polar surface area (TPSA) is 101 Å². The number of methoxy groups -OCH3 is 1. The summed E-state index contributed by atoms with van der Waals surface area (Å²) in [4.78, 5) is 0.0316. The van der Waals surface area contributed by atoms with Gasteiger partial charge in [0.1, 0.15) is 24.4 Å². The number of rotatable bonds is 6. The van der Waals surface area contributed by atoms with Crippen molar-refractivity contribution in [3.05, 3.63) is 65.7 Å². The molecule has 2 aliphatic heterocycles. The minimum absolute atomic E-state index is 0.0316. The van der Waals surface area contributed by atoms with Gasteiger partial charge in [0.15, 0.2) is 12.6 Å². The molecular formula is C21H24O8S. The van der Waals surface area contributed by atoms with Crippen LogP contribution in [-0.2, 0) is 33.2 Å². The zero-order chi connectivity index (χ0) is 21.3. The van der Waals surface area contributed by atoms with Crippen LogP contribution >= 0.6 is 0 Å². The van der Waals surface area contributed by atoms with Gasteiger partial charge in [-0.2, -0.15) is 8.42 Å². The summed E-state index contributed by atoms with van der Waals surface area (Å²) in [5, 5.41) is 10.8. The molecule has 0 aliphatic carbocycles. The Morgan fingerprint density at radius 2 is 1.63 bits per heavy atom. The maximum absolute atomic E-state index is 12.5. The van der Waals surface area contributed by atoms with Gasteiger partial charge < -0.3 is 24.1 Å². The summed E-state index contributed by atoms with van der Waals surface area (Å²) in [6.45, 7) is 1.47. The van der Waals surface area contributed by atoms with Crippen molar-refractivity contribution in [1.29, 1.82) is 0 Å². The van der Waals surface area contributed by atoms with Crippen LogP contribution in [0.2, 0.25) is 0 Å². The molecule has 6 atom stereocenters. The summed E-state index contributed by atoms with van der Waals surface area (Å²) in [6.07, 6.45) is -5.10. The minimum atomic E-state index is -4.00. The van der Waals surface area contributed by atoms with Crippen LogP contribution in [0.25, 0.3) is 0 Å². The molecule has 0 spiro atoms. The molecule has 1 N–H and O–H groups in total. The number of aliphatic hydroxyl groups is 1. The third-order valence-electron chi connectivity index (χ3n) is 5.18. The highest BCUT2D eigenvalue weighted by molar-refractivity contribution is 7.86. The Kier molecular flexibility index (Phi) is 6.21. The second kappa shape index (κ2) is 8.72. The van der Waals surface area contributed by atoms with Gasteiger partial charge in [-0.25, -0.2) is 0 Å². The first kappa shape index (κ1) is 21.4. The molecule has 0 bridgehead atoms. The Morgan fingerprint density at radius 3 is 2.30 bits per heavy atom. The highest BCUT2D eigenvalue weighted by atomic mass is 32.2. The molecule has 2 aromatic rings. The Labute approximate surface area is 175 Å². The quantitative estimate of drug-likeness (QED) is 0.686. The van der Waals surface area contributed by atoms with Crippen molar-refractivity contribution in [3.8, 4) is 0 Å². The Morgan fingerprint density at radius 1 is 0.967 bits per heavy atom. The zero-order valence-corrected chi connectivity index (χ0v) is 17.4. The molecule has 0 aromatic heterocycles. The van der Waals surface area contributed by atoms with Gasteiger partial charge in [-0.3, -0.25) is 4.18 Å². The summed E-state index contributed by atoms with van der Waals surface area (Å²) >= 11 is 0. The fourth-order valence-electron chi connectivity index (χ4n) is 3.53. The van der Waals surface area contributed by atoms with Crippen LogP contribution in [0.5, 0.6) is 0 Å². The third kappa shape index (κ3) is 4.28. The number of ether oxygens (including phenoxy) is 4. The van der Waals surface area contributed by atoms with Crippen LogP contribution < -0.4 is 0 Å². The molecule has 2 heterocycles. The van der Waals surface area contributed by atoms with Gasteiger partial charge in [0, 0.05) is 12.7 Å². The summed E-state index contributed by atoms with van der Waals surface area (Å²) < 4.78 is 53.0. The molecule has 0 saturated carbocycles. The highest BCUT2D eigenvalue weighted by Crippen LogP contribution is 2.39. The van der Waals surface area contributed by atoms with Crippen molar-refractivity contribution in [1.82, 2.24) is 0 Å². The molecular weight excluding hydrogens is 412 g/mol. The van der Waals surface area contributed by atoms with E-state index in [0.29, 0.717) is 0 Å². The Hall–Kier alpha value is -1.85. The molecule has 2 saturated heterocycles. The van der Waals surface area contributed by atoms with E-state index >= 15 is 0 Å². The van der Waals surface area contributed by atoms with E-state index in [0.717, 1.165) is 11.1 Å². The maximum Gasteiger partial charge on any atom is 0.297 e. The summed E-state index contributed by atoms with van der Waals surface area (Å²) in [5.74, 6) is 0. The van der Waals surface area contributed by atoms with Gasteiger partial charge >= 0.3 is 0 Å². The van der Waals surface area contributed by atoms with Gasteiger partial charge in [0.25, 0.3) is 10.1 Å². The molecule has 4 rings (SSSR count). The fourth-order valence-corrected chi connectivity index (χ4v) is 4.45. The smallest absolute Gasteiger partial charge is 0.297 e. The predicted octanol–water partition coefficient (Wildman–Crippen LogP) is 1.92. The van der Waals surface area contributed by atoms with E-state index in [4.69, 9.17) is 23.1 Å². The summed E-state index contributed by atoms with van der Waals surface area (Å²) in [6, 6.07) is 15.6. The van der Waals surface area contributed by atoms with E-state index in [1.54, 1.807) is 12.1 Å². The van der Waals surface area contributed by atoms with Crippen LogP contribution in [0.4, 0.5) is 0 Å². The predicted molar refractivity (Wildman–Crippen MR) is 105 cm³/mol. The zero-order valence-electron chi connectivity index (χ0n) is 16.6. The van der Waals surface area contributed by atoms with Crippen molar-refractivity contribution in [2.24, 2.45) is 0 Å². The largest absolute Gasteiger partial charge is 0.387 e. The van der Waals surface area contributed by atoms with Crippen LogP contribution in [0.15, 0.2) is 59.5 Å². The monoisotopic (exact) mass is 436 g/mol. The molecule has 2 fully saturated rings. The average molecular weight is 436 g/mol. The molecule has 2 aromatic carbocycles. The van der Waals surface area contributed by atoms with Gasteiger partial charge in [0.2, 0.25) is 0 Å². The van der Waals surface area contributed by atoms with Gasteiger partial charge in [0.05, 0.1) is 11.5 Å². The van der Waals surface area contributed by atoms with Crippen molar-refractivity contribution in [2.45, 2.75) is 48.8 Å². The molecule has 0 amide bonds. The lowest BCUT2D eigenvalue weighted by Crippen LogP contribution is -2.58.